The summed E-state index contributed by atoms with van der Waals surface area (Å²) in [6.45, 7) is 3.78. The number of anilines is 1. The van der Waals surface area contributed by atoms with Gasteiger partial charge >= 0.3 is 5.97 Å². The number of methoxy groups -OCH3 is 2. The van der Waals surface area contributed by atoms with Crippen LogP contribution in [0.15, 0.2) is 72.8 Å². The van der Waals surface area contributed by atoms with Gasteiger partial charge in [0.2, 0.25) is 5.91 Å². The van der Waals surface area contributed by atoms with E-state index in [0.717, 1.165) is 12.0 Å². The third-order valence-electron chi connectivity index (χ3n) is 7.84. The highest BCUT2D eigenvalue weighted by molar-refractivity contribution is 5.94. The monoisotopic (exact) mass is 549 g/mol. The molecule has 8 nitrogen and oxygen atoms in total. The zero-order valence-electron chi connectivity index (χ0n) is 23.2. The van der Waals surface area contributed by atoms with Gasteiger partial charge in [-0.2, -0.15) is 0 Å². The van der Waals surface area contributed by atoms with Crippen molar-refractivity contribution in [3.05, 3.63) is 89.7 Å². The Morgan fingerprint density at radius 3 is 2.35 bits per heavy atom. The third-order valence-corrected chi connectivity index (χ3v) is 7.84. The van der Waals surface area contributed by atoms with Crippen LogP contribution in [0.3, 0.4) is 0 Å². The molecule has 0 bridgehead atoms. The highest BCUT2D eigenvalue weighted by Crippen LogP contribution is 2.50. The van der Waals surface area contributed by atoms with E-state index in [1.807, 2.05) is 25.1 Å². The molecule has 3 unspecified atom stereocenters. The molecule has 3 N–H and O–H groups in total. The minimum atomic E-state index is -1.52. The molecule has 0 aliphatic carbocycles. The number of hydrazine groups is 1. The zero-order chi connectivity index (χ0) is 28.9. The van der Waals surface area contributed by atoms with Gasteiger partial charge in [0.25, 0.3) is 0 Å². The number of unbranched alkanes of at least 4 members (excludes halogenated alkanes) is 1. The van der Waals surface area contributed by atoms with Gasteiger partial charge in [-0.05, 0) is 55.3 Å². The largest absolute Gasteiger partial charge is 0.497 e. The number of hydrogen-bond acceptors (Lipinski definition) is 6. The quantitative estimate of drug-likeness (QED) is 0.309. The average Bonchev–Trinajstić information content (AvgIpc) is 3.25. The lowest BCUT2D eigenvalue weighted by Crippen LogP contribution is -2.56. The summed E-state index contributed by atoms with van der Waals surface area (Å²) in [6.07, 6.45) is 1.94. The number of nitrogens with one attached hydrogen (secondary N) is 2. The number of rotatable bonds is 11. The minimum absolute atomic E-state index is 0.117. The highest BCUT2D eigenvalue weighted by Gasteiger charge is 2.66. The molecule has 4 rings (SSSR count). The summed E-state index contributed by atoms with van der Waals surface area (Å²) in [6, 6.07) is 20.0. The van der Waals surface area contributed by atoms with Crippen LogP contribution in [0.1, 0.15) is 44.2 Å². The Kier molecular flexibility index (Phi) is 8.64. The molecule has 212 valence electrons. The Morgan fingerprint density at radius 2 is 1.75 bits per heavy atom. The number of carbonyl (C=O) groups excluding carboxylic acids is 1. The van der Waals surface area contributed by atoms with Crippen molar-refractivity contribution in [3.8, 4) is 11.5 Å². The van der Waals surface area contributed by atoms with Crippen molar-refractivity contribution < 1.29 is 28.6 Å². The second-order valence-electron chi connectivity index (χ2n) is 10.1. The van der Waals surface area contributed by atoms with Gasteiger partial charge in [-0.1, -0.05) is 50.1 Å². The lowest BCUT2D eigenvalue weighted by molar-refractivity contribution is -0.145. The molecule has 3 atom stereocenters. The summed E-state index contributed by atoms with van der Waals surface area (Å²) in [5, 5.41) is 15.3. The first-order valence-corrected chi connectivity index (χ1v) is 13.3. The van der Waals surface area contributed by atoms with Crippen LogP contribution in [0.4, 0.5) is 10.1 Å². The van der Waals surface area contributed by atoms with Crippen LogP contribution >= 0.6 is 0 Å². The number of aliphatic carboxylic acids is 1. The number of hydrogen-bond donors (Lipinski definition) is 3. The third kappa shape index (κ3) is 5.09. The summed E-state index contributed by atoms with van der Waals surface area (Å²) in [5.41, 5.74) is 2.09. The van der Waals surface area contributed by atoms with Crippen LogP contribution < -0.4 is 25.2 Å². The Balaban J connectivity index is 1.85. The van der Waals surface area contributed by atoms with E-state index in [1.165, 1.54) is 19.2 Å². The molecule has 1 saturated heterocycles. The molecular formula is C31H36FN3O5. The summed E-state index contributed by atoms with van der Waals surface area (Å²) in [7, 11) is 3.10. The van der Waals surface area contributed by atoms with Gasteiger partial charge in [0.1, 0.15) is 22.9 Å². The number of carboxylic acids is 1. The first-order chi connectivity index (χ1) is 19.2. The molecule has 1 amide bonds. The first kappa shape index (κ1) is 28.9. The fourth-order valence-corrected chi connectivity index (χ4v) is 5.64. The SMILES string of the molecule is CCCCC1C(C(=O)NCc2ccc(OC)cc2OC)(c2ccc(F)cc2)NN(c2ccccc2)C1(C)C(=O)O. The van der Waals surface area contributed by atoms with Crippen LogP contribution in [-0.2, 0) is 21.7 Å². The van der Waals surface area contributed by atoms with Gasteiger partial charge in [-0.25, -0.2) is 14.6 Å². The van der Waals surface area contributed by atoms with Crippen molar-refractivity contribution in [1.29, 1.82) is 0 Å². The molecule has 0 aromatic heterocycles. The zero-order valence-corrected chi connectivity index (χ0v) is 23.2. The topological polar surface area (TPSA) is 100 Å². The molecule has 1 aliphatic rings. The second kappa shape index (κ2) is 12.0. The number of carbonyl (C=O) groups is 2. The van der Waals surface area contributed by atoms with Crippen molar-refractivity contribution in [2.24, 2.45) is 5.92 Å². The van der Waals surface area contributed by atoms with Crippen molar-refractivity contribution in [2.45, 2.75) is 50.7 Å². The van der Waals surface area contributed by atoms with E-state index in [2.05, 4.69) is 10.7 Å². The number of benzene rings is 3. The molecule has 0 saturated carbocycles. The fourth-order valence-electron chi connectivity index (χ4n) is 5.64. The molecule has 1 aliphatic heterocycles. The molecular weight excluding hydrogens is 513 g/mol. The predicted molar refractivity (Wildman–Crippen MR) is 151 cm³/mol. The number of halogens is 1. The Labute approximate surface area is 234 Å². The molecule has 3 aromatic carbocycles. The van der Waals surface area contributed by atoms with E-state index in [4.69, 9.17) is 9.47 Å². The molecule has 40 heavy (non-hydrogen) atoms. The van der Waals surface area contributed by atoms with E-state index in [9.17, 15) is 19.1 Å². The minimum Gasteiger partial charge on any atom is -0.497 e. The maximum atomic E-state index is 14.5. The maximum absolute atomic E-state index is 14.5. The molecule has 1 fully saturated rings. The van der Waals surface area contributed by atoms with Gasteiger partial charge in [-0.15, -0.1) is 0 Å². The molecule has 1 heterocycles. The van der Waals surface area contributed by atoms with Crippen molar-refractivity contribution in [3.63, 3.8) is 0 Å². The Morgan fingerprint density at radius 1 is 1.05 bits per heavy atom. The van der Waals surface area contributed by atoms with E-state index in [-0.39, 0.29) is 6.54 Å². The number of nitrogens with zero attached hydrogens (tertiary/aromatic N) is 1. The van der Waals surface area contributed by atoms with E-state index < -0.39 is 34.7 Å². The molecule has 3 aromatic rings. The Bertz CT molecular complexity index is 1340. The summed E-state index contributed by atoms with van der Waals surface area (Å²) >= 11 is 0. The van der Waals surface area contributed by atoms with E-state index >= 15 is 0 Å². The lowest BCUT2D eigenvalue weighted by Gasteiger charge is -2.37. The molecule has 0 radical (unpaired) electrons. The van der Waals surface area contributed by atoms with Crippen molar-refractivity contribution in [1.82, 2.24) is 10.7 Å². The van der Waals surface area contributed by atoms with Crippen LogP contribution in [0.25, 0.3) is 0 Å². The summed E-state index contributed by atoms with van der Waals surface area (Å²) < 4.78 is 24.9. The maximum Gasteiger partial charge on any atom is 0.331 e. The van der Waals surface area contributed by atoms with Crippen LogP contribution in [0.2, 0.25) is 0 Å². The second-order valence-corrected chi connectivity index (χ2v) is 10.1. The van der Waals surface area contributed by atoms with Crippen LogP contribution in [-0.4, -0.2) is 36.7 Å². The van der Waals surface area contributed by atoms with E-state index in [1.54, 1.807) is 61.5 Å². The number of amides is 1. The predicted octanol–water partition coefficient (Wildman–Crippen LogP) is 5.03. The fraction of sp³-hybridized carbons (Fsp3) is 0.355. The normalized spacial score (nSPS) is 22.1. The number of carboxylic acid groups (broad SMARTS) is 1. The summed E-state index contributed by atoms with van der Waals surface area (Å²) in [4.78, 5) is 27.6. The highest BCUT2D eigenvalue weighted by atomic mass is 19.1. The van der Waals surface area contributed by atoms with Gasteiger partial charge in [0.05, 0.1) is 19.9 Å². The van der Waals surface area contributed by atoms with Gasteiger partial charge in [0, 0.05) is 24.1 Å². The van der Waals surface area contributed by atoms with Crippen molar-refractivity contribution in [2.75, 3.05) is 19.2 Å². The smallest absolute Gasteiger partial charge is 0.331 e. The Hall–Kier alpha value is -4.11. The van der Waals surface area contributed by atoms with E-state index in [0.29, 0.717) is 35.6 Å². The number of para-hydroxylation sites is 1. The lowest BCUT2D eigenvalue weighted by atomic mass is 9.68. The van der Waals surface area contributed by atoms with Crippen LogP contribution in [0, 0.1) is 11.7 Å². The molecule has 0 spiro atoms. The van der Waals surface area contributed by atoms with Crippen molar-refractivity contribution >= 4 is 17.6 Å². The number of ether oxygens (including phenoxy) is 2. The summed E-state index contributed by atoms with van der Waals surface area (Å²) in [5.74, 6) is -1.52. The average molecular weight is 550 g/mol. The standard InChI is InChI=1S/C31H36FN3O5/c1-5-6-12-27-30(2,29(37)38)35(24-10-8-7-9-11-24)34-31(27,22-14-16-23(32)17-15-22)28(36)33-20-21-13-18-25(39-3)19-26(21)40-4/h7-11,13-19,27,34H,5-6,12,20H2,1-4H3,(H,33,36)(H,37,38). The van der Waals surface area contributed by atoms with Gasteiger partial charge < -0.3 is 19.9 Å². The van der Waals surface area contributed by atoms with Crippen LogP contribution in [0.5, 0.6) is 11.5 Å². The molecule has 9 heteroatoms. The van der Waals surface area contributed by atoms with Gasteiger partial charge in [0.15, 0.2) is 5.54 Å². The first-order valence-electron chi connectivity index (χ1n) is 13.3. The van der Waals surface area contributed by atoms with Gasteiger partial charge in [-0.3, -0.25) is 9.80 Å².